The van der Waals surface area contributed by atoms with Crippen LogP contribution in [0.4, 0.5) is 0 Å². The predicted molar refractivity (Wildman–Crippen MR) is 69.5 cm³/mol. The summed E-state index contributed by atoms with van der Waals surface area (Å²) in [5, 5.41) is 6.49. The SMILES string of the molecule is CCSC(C=NN(C)C)c1ccccc1. The zero-order chi connectivity index (χ0) is 11.1. The van der Waals surface area contributed by atoms with Crippen LogP contribution >= 0.6 is 11.8 Å². The molecular weight excluding hydrogens is 204 g/mol. The molecule has 0 bridgehead atoms. The Kier molecular flexibility index (Phi) is 5.26. The van der Waals surface area contributed by atoms with E-state index >= 15 is 0 Å². The van der Waals surface area contributed by atoms with E-state index in [4.69, 9.17) is 0 Å². The molecule has 1 unspecified atom stereocenters. The van der Waals surface area contributed by atoms with Crippen LogP contribution in [0.25, 0.3) is 0 Å². The highest BCUT2D eigenvalue weighted by atomic mass is 32.2. The van der Waals surface area contributed by atoms with Crippen LogP contribution in [-0.2, 0) is 0 Å². The molecule has 1 aromatic carbocycles. The quantitative estimate of drug-likeness (QED) is 0.562. The van der Waals surface area contributed by atoms with Gasteiger partial charge in [-0.25, -0.2) is 0 Å². The lowest BCUT2D eigenvalue weighted by Gasteiger charge is -2.12. The second kappa shape index (κ2) is 6.51. The molecule has 1 rings (SSSR count). The summed E-state index contributed by atoms with van der Waals surface area (Å²) < 4.78 is 0. The van der Waals surface area contributed by atoms with Gasteiger partial charge in [-0.05, 0) is 11.3 Å². The lowest BCUT2D eigenvalue weighted by Crippen LogP contribution is -2.05. The molecule has 1 aromatic rings. The molecule has 0 fully saturated rings. The van der Waals surface area contributed by atoms with Crippen molar-refractivity contribution in [1.82, 2.24) is 5.01 Å². The summed E-state index contributed by atoms with van der Waals surface area (Å²) in [5.74, 6) is 1.10. The van der Waals surface area contributed by atoms with E-state index in [1.54, 1.807) is 0 Å². The lowest BCUT2D eigenvalue weighted by atomic mass is 10.2. The van der Waals surface area contributed by atoms with E-state index in [0.717, 1.165) is 5.75 Å². The van der Waals surface area contributed by atoms with Crippen LogP contribution in [0.2, 0.25) is 0 Å². The molecule has 0 amide bonds. The Morgan fingerprint density at radius 2 is 2.00 bits per heavy atom. The summed E-state index contributed by atoms with van der Waals surface area (Å²) in [6.45, 7) is 2.17. The maximum absolute atomic E-state index is 4.31. The zero-order valence-corrected chi connectivity index (χ0v) is 10.4. The van der Waals surface area contributed by atoms with Gasteiger partial charge in [-0.2, -0.15) is 5.10 Å². The van der Waals surface area contributed by atoms with Crippen molar-refractivity contribution in [2.75, 3.05) is 19.8 Å². The van der Waals surface area contributed by atoms with Crippen LogP contribution in [0.3, 0.4) is 0 Å². The minimum Gasteiger partial charge on any atom is -0.303 e. The molecule has 0 radical (unpaired) electrons. The summed E-state index contributed by atoms with van der Waals surface area (Å²) in [4.78, 5) is 0. The van der Waals surface area contributed by atoms with Crippen molar-refractivity contribution in [1.29, 1.82) is 0 Å². The van der Waals surface area contributed by atoms with Crippen molar-refractivity contribution in [3.63, 3.8) is 0 Å². The predicted octanol–water partition coefficient (Wildman–Crippen LogP) is 3.03. The number of hydrogen-bond acceptors (Lipinski definition) is 3. The summed E-state index contributed by atoms with van der Waals surface area (Å²) in [7, 11) is 3.88. The van der Waals surface area contributed by atoms with E-state index in [2.05, 4.69) is 36.3 Å². The first-order valence-electron chi connectivity index (χ1n) is 5.12. The highest BCUT2D eigenvalue weighted by Gasteiger charge is 2.07. The van der Waals surface area contributed by atoms with Crippen LogP contribution in [0, 0.1) is 0 Å². The minimum absolute atomic E-state index is 0.360. The Morgan fingerprint density at radius 1 is 1.33 bits per heavy atom. The molecule has 0 aliphatic heterocycles. The van der Waals surface area contributed by atoms with Crippen molar-refractivity contribution in [2.45, 2.75) is 12.2 Å². The highest BCUT2D eigenvalue weighted by Crippen LogP contribution is 2.26. The molecular formula is C12H18N2S. The third-order valence-electron chi connectivity index (χ3n) is 1.91. The van der Waals surface area contributed by atoms with Gasteiger partial charge in [-0.3, -0.25) is 0 Å². The minimum atomic E-state index is 0.360. The van der Waals surface area contributed by atoms with Crippen molar-refractivity contribution in [2.24, 2.45) is 5.10 Å². The molecule has 0 spiro atoms. The molecule has 0 saturated carbocycles. The summed E-state index contributed by atoms with van der Waals surface area (Å²) in [5.41, 5.74) is 1.31. The van der Waals surface area contributed by atoms with Crippen molar-refractivity contribution < 1.29 is 0 Å². The van der Waals surface area contributed by atoms with Gasteiger partial charge in [0.25, 0.3) is 0 Å². The van der Waals surface area contributed by atoms with Gasteiger partial charge in [0.2, 0.25) is 0 Å². The van der Waals surface area contributed by atoms with Crippen molar-refractivity contribution in [3.8, 4) is 0 Å². The molecule has 3 heteroatoms. The molecule has 0 saturated heterocycles. The van der Waals surface area contributed by atoms with Crippen LogP contribution in [-0.4, -0.2) is 31.1 Å². The Balaban J connectivity index is 2.74. The number of nitrogens with zero attached hydrogens (tertiary/aromatic N) is 2. The number of hydrogen-bond donors (Lipinski definition) is 0. The molecule has 0 heterocycles. The van der Waals surface area contributed by atoms with Gasteiger partial charge in [-0.1, -0.05) is 37.3 Å². The molecule has 0 aromatic heterocycles. The number of benzene rings is 1. The van der Waals surface area contributed by atoms with Crippen LogP contribution in [0.1, 0.15) is 17.7 Å². The van der Waals surface area contributed by atoms with Gasteiger partial charge in [0.15, 0.2) is 0 Å². The van der Waals surface area contributed by atoms with Gasteiger partial charge in [0.1, 0.15) is 0 Å². The fourth-order valence-electron chi connectivity index (χ4n) is 1.24. The summed E-state index contributed by atoms with van der Waals surface area (Å²) in [6.07, 6.45) is 2.00. The average Bonchev–Trinajstić information content (AvgIpc) is 2.25. The van der Waals surface area contributed by atoms with E-state index < -0.39 is 0 Å². The van der Waals surface area contributed by atoms with Gasteiger partial charge in [0, 0.05) is 20.3 Å². The molecule has 82 valence electrons. The molecule has 1 atom stereocenters. The fraction of sp³-hybridized carbons (Fsp3) is 0.417. The third-order valence-corrected chi connectivity index (χ3v) is 2.99. The fourth-order valence-corrected chi connectivity index (χ4v) is 2.09. The Labute approximate surface area is 96.4 Å². The first-order valence-corrected chi connectivity index (χ1v) is 6.17. The molecule has 2 nitrogen and oxygen atoms in total. The zero-order valence-electron chi connectivity index (χ0n) is 9.55. The second-order valence-corrected chi connectivity index (χ2v) is 4.82. The lowest BCUT2D eigenvalue weighted by molar-refractivity contribution is 0.439. The summed E-state index contributed by atoms with van der Waals surface area (Å²) in [6, 6.07) is 10.5. The normalized spacial score (nSPS) is 13.0. The van der Waals surface area contributed by atoms with E-state index in [1.807, 2.05) is 43.1 Å². The van der Waals surface area contributed by atoms with Gasteiger partial charge >= 0.3 is 0 Å². The van der Waals surface area contributed by atoms with E-state index in [1.165, 1.54) is 5.56 Å². The maximum atomic E-state index is 4.31. The molecule has 0 N–H and O–H groups in total. The Bertz CT molecular complexity index is 296. The highest BCUT2D eigenvalue weighted by molar-refractivity contribution is 8.00. The number of thioether (sulfide) groups is 1. The molecule has 15 heavy (non-hydrogen) atoms. The van der Waals surface area contributed by atoms with E-state index in [-0.39, 0.29) is 0 Å². The smallest absolute Gasteiger partial charge is 0.0667 e. The molecule has 0 aliphatic carbocycles. The monoisotopic (exact) mass is 222 g/mol. The van der Waals surface area contributed by atoms with Gasteiger partial charge < -0.3 is 5.01 Å². The first-order chi connectivity index (χ1) is 7.24. The average molecular weight is 222 g/mol. The van der Waals surface area contributed by atoms with Crippen molar-refractivity contribution >= 4 is 18.0 Å². The van der Waals surface area contributed by atoms with E-state index in [9.17, 15) is 0 Å². The van der Waals surface area contributed by atoms with Gasteiger partial charge in [-0.15, -0.1) is 11.8 Å². The maximum Gasteiger partial charge on any atom is 0.0667 e. The standard InChI is InChI=1S/C12H18N2S/c1-4-15-12(10-13-14(2)3)11-8-6-5-7-9-11/h5-10,12H,4H2,1-3H3. The largest absolute Gasteiger partial charge is 0.303 e. The van der Waals surface area contributed by atoms with E-state index in [0.29, 0.717) is 5.25 Å². The third kappa shape index (κ3) is 4.38. The van der Waals surface area contributed by atoms with Crippen molar-refractivity contribution in [3.05, 3.63) is 35.9 Å². The Hall–Kier alpha value is -0.960. The Morgan fingerprint density at radius 3 is 2.53 bits per heavy atom. The summed E-state index contributed by atoms with van der Waals surface area (Å²) >= 11 is 1.90. The molecule has 0 aliphatic rings. The van der Waals surface area contributed by atoms with Crippen LogP contribution in [0.5, 0.6) is 0 Å². The van der Waals surface area contributed by atoms with Crippen LogP contribution < -0.4 is 0 Å². The van der Waals surface area contributed by atoms with Crippen LogP contribution in [0.15, 0.2) is 35.4 Å². The van der Waals surface area contributed by atoms with Gasteiger partial charge in [0.05, 0.1) is 5.25 Å². The number of hydrazone groups is 1. The first kappa shape index (κ1) is 12.1. The number of rotatable bonds is 5. The topological polar surface area (TPSA) is 15.6 Å². The second-order valence-electron chi connectivity index (χ2n) is 3.40.